The third kappa shape index (κ3) is 4.61. The van der Waals surface area contributed by atoms with Gasteiger partial charge in [-0.1, -0.05) is 56.3 Å². The summed E-state index contributed by atoms with van der Waals surface area (Å²) in [7, 11) is 0. The minimum absolute atomic E-state index is 0.0223. The Balaban J connectivity index is 2.21. The van der Waals surface area contributed by atoms with Gasteiger partial charge >= 0.3 is 0 Å². The molecule has 0 saturated heterocycles. The van der Waals surface area contributed by atoms with Gasteiger partial charge in [-0.2, -0.15) is 0 Å². The Bertz CT molecular complexity index is 563. The molecule has 1 unspecified atom stereocenters. The maximum absolute atomic E-state index is 6.30. The maximum Gasteiger partial charge on any atom is 0.136 e. The molecule has 2 rings (SSSR count). The molecule has 0 radical (unpaired) electrons. The van der Waals surface area contributed by atoms with Crippen LogP contribution in [0.5, 0.6) is 5.75 Å². The van der Waals surface area contributed by atoms with Gasteiger partial charge in [0.15, 0.2) is 0 Å². The topological polar surface area (TPSA) is 21.3 Å². The van der Waals surface area contributed by atoms with Gasteiger partial charge in [-0.3, -0.25) is 0 Å². The Kier molecular flexibility index (Phi) is 5.40. The standard InChI is InChI=1S/C19H25NO/c1-14(2)20-13-19(17-8-6-5-7-9-17)21-18-12-15(3)10-11-16(18)4/h5-12,14,19-20H,13H2,1-4H3. The number of aryl methyl sites for hydroxylation is 2. The van der Waals surface area contributed by atoms with Gasteiger partial charge in [0.05, 0.1) is 0 Å². The average Bonchev–Trinajstić information content (AvgIpc) is 2.47. The monoisotopic (exact) mass is 283 g/mol. The van der Waals surface area contributed by atoms with Crippen molar-refractivity contribution in [2.45, 2.75) is 39.8 Å². The van der Waals surface area contributed by atoms with Crippen molar-refractivity contribution in [1.82, 2.24) is 5.32 Å². The van der Waals surface area contributed by atoms with Gasteiger partial charge in [0.25, 0.3) is 0 Å². The summed E-state index contributed by atoms with van der Waals surface area (Å²) in [6, 6.07) is 17.2. The number of benzene rings is 2. The summed E-state index contributed by atoms with van der Waals surface area (Å²) in [6.45, 7) is 9.29. The summed E-state index contributed by atoms with van der Waals surface area (Å²) in [5.74, 6) is 0.967. The normalized spacial score (nSPS) is 12.4. The molecule has 0 fully saturated rings. The average molecular weight is 283 g/mol. The van der Waals surface area contributed by atoms with Gasteiger partial charge in [-0.15, -0.1) is 0 Å². The van der Waals surface area contributed by atoms with Gasteiger partial charge in [-0.05, 0) is 36.6 Å². The second-order valence-electron chi connectivity index (χ2n) is 5.85. The number of hydrogen-bond acceptors (Lipinski definition) is 2. The number of ether oxygens (including phenoxy) is 1. The van der Waals surface area contributed by atoms with Crippen LogP contribution in [0, 0.1) is 13.8 Å². The molecule has 2 aromatic rings. The molecule has 2 aromatic carbocycles. The Labute approximate surface area is 128 Å². The molecule has 0 aliphatic rings. The largest absolute Gasteiger partial charge is 0.484 e. The van der Waals surface area contributed by atoms with Gasteiger partial charge in [0, 0.05) is 12.6 Å². The molecule has 0 aliphatic heterocycles. The molecule has 0 spiro atoms. The van der Waals surface area contributed by atoms with Crippen LogP contribution in [0.3, 0.4) is 0 Å². The van der Waals surface area contributed by atoms with Crippen molar-refractivity contribution in [3.63, 3.8) is 0 Å². The number of nitrogens with one attached hydrogen (secondary N) is 1. The molecular formula is C19H25NO. The SMILES string of the molecule is Cc1ccc(C)c(OC(CNC(C)C)c2ccccc2)c1. The Morgan fingerprint density at radius 2 is 1.71 bits per heavy atom. The fourth-order valence-corrected chi connectivity index (χ4v) is 2.23. The van der Waals surface area contributed by atoms with Gasteiger partial charge in [-0.25, -0.2) is 0 Å². The van der Waals surface area contributed by atoms with Crippen molar-refractivity contribution < 1.29 is 4.74 Å². The third-order valence-electron chi connectivity index (χ3n) is 3.50. The highest BCUT2D eigenvalue weighted by atomic mass is 16.5. The number of rotatable bonds is 6. The lowest BCUT2D eigenvalue weighted by molar-refractivity contribution is 0.197. The van der Waals surface area contributed by atoms with E-state index in [9.17, 15) is 0 Å². The van der Waals surface area contributed by atoms with E-state index in [1.807, 2.05) is 6.07 Å². The predicted octanol–water partition coefficient (Wildman–Crippen LogP) is 4.42. The third-order valence-corrected chi connectivity index (χ3v) is 3.50. The summed E-state index contributed by atoms with van der Waals surface area (Å²) in [5, 5.41) is 3.47. The zero-order chi connectivity index (χ0) is 15.2. The van der Waals surface area contributed by atoms with Crippen LogP contribution in [0.2, 0.25) is 0 Å². The Morgan fingerprint density at radius 3 is 2.38 bits per heavy atom. The van der Waals surface area contributed by atoms with Crippen LogP contribution in [-0.2, 0) is 0 Å². The molecular weight excluding hydrogens is 258 g/mol. The van der Waals surface area contributed by atoms with Crippen LogP contribution in [0.1, 0.15) is 36.6 Å². The van der Waals surface area contributed by atoms with Crippen LogP contribution >= 0.6 is 0 Å². The van der Waals surface area contributed by atoms with E-state index in [2.05, 4.69) is 75.5 Å². The first-order valence-corrected chi connectivity index (χ1v) is 7.58. The van der Waals surface area contributed by atoms with E-state index in [0.717, 1.165) is 12.3 Å². The Hall–Kier alpha value is -1.80. The lowest BCUT2D eigenvalue weighted by Crippen LogP contribution is -2.30. The fraction of sp³-hybridized carbons (Fsp3) is 0.368. The second-order valence-corrected chi connectivity index (χ2v) is 5.85. The van der Waals surface area contributed by atoms with E-state index < -0.39 is 0 Å². The van der Waals surface area contributed by atoms with Crippen molar-refractivity contribution in [3.05, 3.63) is 65.2 Å². The van der Waals surface area contributed by atoms with E-state index in [1.54, 1.807) is 0 Å². The molecule has 1 atom stereocenters. The summed E-state index contributed by atoms with van der Waals surface area (Å²) < 4.78 is 6.30. The van der Waals surface area contributed by atoms with Crippen molar-refractivity contribution in [1.29, 1.82) is 0 Å². The zero-order valence-corrected chi connectivity index (χ0v) is 13.4. The first-order valence-electron chi connectivity index (χ1n) is 7.58. The summed E-state index contributed by atoms with van der Waals surface area (Å²) >= 11 is 0. The zero-order valence-electron chi connectivity index (χ0n) is 13.4. The van der Waals surface area contributed by atoms with Crippen molar-refractivity contribution in [2.24, 2.45) is 0 Å². The van der Waals surface area contributed by atoms with Crippen LogP contribution in [-0.4, -0.2) is 12.6 Å². The second kappa shape index (κ2) is 7.28. The van der Waals surface area contributed by atoms with E-state index >= 15 is 0 Å². The highest BCUT2D eigenvalue weighted by Gasteiger charge is 2.14. The predicted molar refractivity (Wildman–Crippen MR) is 88.9 cm³/mol. The molecule has 21 heavy (non-hydrogen) atoms. The van der Waals surface area contributed by atoms with Crippen LogP contribution in [0.15, 0.2) is 48.5 Å². The Morgan fingerprint density at radius 1 is 1.00 bits per heavy atom. The van der Waals surface area contributed by atoms with Crippen molar-refractivity contribution in [3.8, 4) is 5.75 Å². The molecule has 0 saturated carbocycles. The molecule has 0 aliphatic carbocycles. The van der Waals surface area contributed by atoms with Gasteiger partial charge in [0.1, 0.15) is 11.9 Å². The highest BCUT2D eigenvalue weighted by molar-refractivity contribution is 5.36. The van der Waals surface area contributed by atoms with Crippen LogP contribution in [0.4, 0.5) is 0 Å². The quantitative estimate of drug-likeness (QED) is 0.847. The highest BCUT2D eigenvalue weighted by Crippen LogP contribution is 2.26. The van der Waals surface area contributed by atoms with Crippen LogP contribution < -0.4 is 10.1 Å². The fourth-order valence-electron chi connectivity index (χ4n) is 2.23. The maximum atomic E-state index is 6.30. The van der Waals surface area contributed by atoms with Gasteiger partial charge < -0.3 is 10.1 Å². The molecule has 1 N–H and O–H groups in total. The van der Waals surface area contributed by atoms with E-state index in [-0.39, 0.29) is 6.10 Å². The molecule has 0 aromatic heterocycles. The minimum Gasteiger partial charge on any atom is -0.484 e. The van der Waals surface area contributed by atoms with Crippen LogP contribution in [0.25, 0.3) is 0 Å². The summed E-state index contributed by atoms with van der Waals surface area (Å²) in [4.78, 5) is 0. The molecule has 0 amide bonds. The summed E-state index contributed by atoms with van der Waals surface area (Å²) in [5.41, 5.74) is 3.59. The molecule has 0 bridgehead atoms. The smallest absolute Gasteiger partial charge is 0.136 e. The van der Waals surface area contributed by atoms with Crippen molar-refractivity contribution in [2.75, 3.05) is 6.54 Å². The van der Waals surface area contributed by atoms with Crippen molar-refractivity contribution >= 4 is 0 Å². The van der Waals surface area contributed by atoms with E-state index in [4.69, 9.17) is 4.74 Å². The molecule has 0 heterocycles. The van der Waals surface area contributed by atoms with Gasteiger partial charge in [0.2, 0.25) is 0 Å². The number of hydrogen-bond donors (Lipinski definition) is 1. The molecule has 2 nitrogen and oxygen atoms in total. The first kappa shape index (κ1) is 15.6. The van der Waals surface area contributed by atoms with E-state index in [0.29, 0.717) is 6.04 Å². The minimum atomic E-state index is 0.0223. The first-order chi connectivity index (χ1) is 10.1. The van der Waals surface area contributed by atoms with E-state index in [1.165, 1.54) is 16.7 Å². The molecule has 112 valence electrons. The lowest BCUT2D eigenvalue weighted by Gasteiger charge is -2.22. The summed E-state index contributed by atoms with van der Waals surface area (Å²) in [6.07, 6.45) is 0.0223. The molecule has 2 heteroatoms. The lowest BCUT2D eigenvalue weighted by atomic mass is 10.1.